The van der Waals surface area contributed by atoms with Crippen LogP contribution in [-0.2, 0) is 0 Å². The minimum absolute atomic E-state index is 0.148. The van der Waals surface area contributed by atoms with Gasteiger partial charge in [-0.25, -0.2) is 8.78 Å². The van der Waals surface area contributed by atoms with E-state index in [1.807, 2.05) is 0 Å². The van der Waals surface area contributed by atoms with E-state index in [9.17, 15) is 8.78 Å². The fourth-order valence-electron chi connectivity index (χ4n) is 2.14. The van der Waals surface area contributed by atoms with Gasteiger partial charge in [0.15, 0.2) is 0 Å². The average Bonchev–Trinajstić information content (AvgIpc) is 2.03. The van der Waals surface area contributed by atoms with E-state index in [0.29, 0.717) is 5.92 Å². The summed E-state index contributed by atoms with van der Waals surface area (Å²) in [6.45, 7) is 2.87. The lowest BCUT2D eigenvalue weighted by Crippen LogP contribution is -2.29. The van der Waals surface area contributed by atoms with Gasteiger partial charge in [-0.3, -0.25) is 0 Å². The van der Waals surface area contributed by atoms with E-state index in [2.05, 4.69) is 12.2 Å². The van der Waals surface area contributed by atoms with Crippen LogP contribution >= 0.6 is 0 Å². The summed E-state index contributed by atoms with van der Waals surface area (Å²) >= 11 is 0. The molecule has 0 radical (unpaired) electrons. The Hall–Kier alpha value is -0.180. The van der Waals surface area contributed by atoms with Gasteiger partial charge in [-0.15, -0.1) is 0 Å². The Kier molecular flexibility index (Phi) is 4.64. The maximum Gasteiger partial charge on any atom is 0.250 e. The Labute approximate surface area is 78.9 Å². The van der Waals surface area contributed by atoms with Crippen LogP contribution in [0.4, 0.5) is 8.78 Å². The van der Waals surface area contributed by atoms with E-state index in [-0.39, 0.29) is 6.54 Å². The standard InChI is InChI=1S/C10H19F2N/c1-8-3-2-4-9(5-8)6-13-7-10(11)12/h8-10,13H,2-7H2,1H3. The average molecular weight is 191 g/mol. The van der Waals surface area contributed by atoms with Gasteiger partial charge in [0.05, 0.1) is 6.54 Å². The van der Waals surface area contributed by atoms with Crippen molar-refractivity contribution in [3.63, 3.8) is 0 Å². The number of halogens is 2. The predicted octanol–water partition coefficient (Wildman–Crippen LogP) is 2.67. The molecule has 0 amide bonds. The molecule has 2 atom stereocenters. The van der Waals surface area contributed by atoms with Crippen LogP contribution in [-0.4, -0.2) is 19.5 Å². The highest BCUT2D eigenvalue weighted by molar-refractivity contribution is 4.72. The summed E-state index contributed by atoms with van der Waals surface area (Å²) in [4.78, 5) is 0. The number of alkyl halides is 2. The van der Waals surface area contributed by atoms with Gasteiger partial charge in [0.25, 0.3) is 6.43 Å². The summed E-state index contributed by atoms with van der Waals surface area (Å²) in [5.41, 5.74) is 0. The molecule has 1 rings (SSSR count). The molecule has 1 N–H and O–H groups in total. The van der Waals surface area contributed by atoms with Crippen molar-refractivity contribution in [1.29, 1.82) is 0 Å². The Morgan fingerprint density at radius 1 is 1.38 bits per heavy atom. The van der Waals surface area contributed by atoms with Crippen LogP contribution < -0.4 is 5.32 Å². The fraction of sp³-hybridized carbons (Fsp3) is 1.00. The summed E-state index contributed by atoms with van der Waals surface area (Å²) in [5, 5.41) is 2.83. The maximum absolute atomic E-state index is 11.8. The van der Waals surface area contributed by atoms with E-state index in [1.165, 1.54) is 25.7 Å². The minimum Gasteiger partial charge on any atom is -0.311 e. The van der Waals surface area contributed by atoms with Gasteiger partial charge in [-0.2, -0.15) is 0 Å². The molecule has 0 spiro atoms. The van der Waals surface area contributed by atoms with Crippen molar-refractivity contribution in [2.45, 2.75) is 39.0 Å². The van der Waals surface area contributed by atoms with Gasteiger partial charge in [0.1, 0.15) is 0 Å². The molecule has 0 aromatic rings. The molecule has 1 nitrogen and oxygen atoms in total. The smallest absolute Gasteiger partial charge is 0.250 e. The van der Waals surface area contributed by atoms with E-state index in [4.69, 9.17) is 0 Å². The Morgan fingerprint density at radius 2 is 2.15 bits per heavy atom. The van der Waals surface area contributed by atoms with Crippen LogP contribution in [0.5, 0.6) is 0 Å². The Bertz CT molecular complexity index is 139. The number of rotatable bonds is 4. The first-order valence-electron chi connectivity index (χ1n) is 5.17. The molecule has 0 aliphatic heterocycles. The van der Waals surface area contributed by atoms with E-state index < -0.39 is 6.43 Å². The molecule has 0 saturated heterocycles. The highest BCUT2D eigenvalue weighted by atomic mass is 19.3. The first-order valence-corrected chi connectivity index (χ1v) is 5.17. The quantitative estimate of drug-likeness (QED) is 0.720. The van der Waals surface area contributed by atoms with Crippen molar-refractivity contribution in [2.24, 2.45) is 11.8 Å². The molecule has 1 fully saturated rings. The topological polar surface area (TPSA) is 12.0 Å². The van der Waals surface area contributed by atoms with Crippen LogP contribution in [0.1, 0.15) is 32.6 Å². The maximum atomic E-state index is 11.8. The zero-order valence-corrected chi connectivity index (χ0v) is 8.23. The van der Waals surface area contributed by atoms with Crippen LogP contribution in [0.2, 0.25) is 0 Å². The molecule has 1 saturated carbocycles. The van der Waals surface area contributed by atoms with E-state index in [1.54, 1.807) is 0 Å². The normalized spacial score (nSPS) is 29.5. The molecule has 1 aliphatic carbocycles. The Morgan fingerprint density at radius 3 is 2.77 bits per heavy atom. The number of hydrogen-bond donors (Lipinski definition) is 1. The Balaban J connectivity index is 2.06. The summed E-state index contributed by atoms with van der Waals surface area (Å²) in [6, 6.07) is 0. The minimum atomic E-state index is -2.21. The lowest BCUT2D eigenvalue weighted by molar-refractivity contribution is 0.141. The third-order valence-corrected chi connectivity index (χ3v) is 2.78. The van der Waals surface area contributed by atoms with Crippen LogP contribution in [0.25, 0.3) is 0 Å². The zero-order valence-electron chi connectivity index (χ0n) is 8.23. The lowest BCUT2D eigenvalue weighted by Gasteiger charge is -2.26. The lowest BCUT2D eigenvalue weighted by atomic mass is 9.82. The van der Waals surface area contributed by atoms with Gasteiger partial charge < -0.3 is 5.32 Å². The second kappa shape index (κ2) is 5.53. The summed E-state index contributed by atoms with van der Waals surface area (Å²) in [7, 11) is 0. The van der Waals surface area contributed by atoms with Crippen LogP contribution in [0.15, 0.2) is 0 Å². The SMILES string of the molecule is CC1CCCC(CNCC(F)F)C1. The zero-order chi connectivity index (χ0) is 9.68. The molecular weight excluding hydrogens is 172 g/mol. The monoisotopic (exact) mass is 191 g/mol. The summed E-state index contributed by atoms with van der Waals surface area (Å²) in [6.07, 6.45) is 2.78. The molecule has 0 heterocycles. The third kappa shape index (κ3) is 4.55. The summed E-state index contributed by atoms with van der Waals surface area (Å²) < 4.78 is 23.6. The number of hydrogen-bond acceptors (Lipinski definition) is 1. The highest BCUT2D eigenvalue weighted by Crippen LogP contribution is 2.27. The molecule has 0 bridgehead atoms. The van der Waals surface area contributed by atoms with Crippen molar-refractivity contribution in [2.75, 3.05) is 13.1 Å². The van der Waals surface area contributed by atoms with Crippen molar-refractivity contribution in [1.82, 2.24) is 5.32 Å². The van der Waals surface area contributed by atoms with Gasteiger partial charge in [0, 0.05) is 0 Å². The third-order valence-electron chi connectivity index (χ3n) is 2.78. The molecule has 0 aromatic carbocycles. The highest BCUT2D eigenvalue weighted by Gasteiger charge is 2.18. The van der Waals surface area contributed by atoms with E-state index >= 15 is 0 Å². The van der Waals surface area contributed by atoms with Crippen molar-refractivity contribution < 1.29 is 8.78 Å². The molecule has 1 aliphatic rings. The molecule has 78 valence electrons. The molecule has 0 aromatic heterocycles. The fourth-order valence-corrected chi connectivity index (χ4v) is 2.14. The number of nitrogens with one attached hydrogen (secondary N) is 1. The second-order valence-electron chi connectivity index (χ2n) is 4.19. The first-order chi connectivity index (χ1) is 6.18. The first kappa shape index (κ1) is 10.9. The van der Waals surface area contributed by atoms with Crippen LogP contribution in [0, 0.1) is 11.8 Å². The second-order valence-corrected chi connectivity index (χ2v) is 4.19. The van der Waals surface area contributed by atoms with Crippen molar-refractivity contribution in [3.05, 3.63) is 0 Å². The summed E-state index contributed by atoms with van der Waals surface area (Å²) in [5.74, 6) is 1.41. The van der Waals surface area contributed by atoms with Crippen molar-refractivity contribution >= 4 is 0 Å². The van der Waals surface area contributed by atoms with Gasteiger partial charge in [-0.05, 0) is 31.2 Å². The molecule has 3 heteroatoms. The van der Waals surface area contributed by atoms with Gasteiger partial charge in [0.2, 0.25) is 0 Å². The van der Waals surface area contributed by atoms with Crippen molar-refractivity contribution in [3.8, 4) is 0 Å². The largest absolute Gasteiger partial charge is 0.311 e. The molecule has 2 unspecified atom stereocenters. The predicted molar refractivity (Wildman–Crippen MR) is 50.0 cm³/mol. The molecule has 13 heavy (non-hydrogen) atoms. The van der Waals surface area contributed by atoms with Gasteiger partial charge in [-0.1, -0.05) is 19.8 Å². The van der Waals surface area contributed by atoms with E-state index in [0.717, 1.165) is 12.5 Å². The van der Waals surface area contributed by atoms with Gasteiger partial charge >= 0.3 is 0 Å². The molecular formula is C10H19F2N. The van der Waals surface area contributed by atoms with Crippen LogP contribution in [0.3, 0.4) is 0 Å².